The first-order valence-corrected chi connectivity index (χ1v) is 3.87. The first-order chi connectivity index (χ1) is 4.19. The van der Waals surface area contributed by atoms with Gasteiger partial charge < -0.3 is 5.11 Å². The van der Waals surface area contributed by atoms with Crippen LogP contribution in [0.5, 0.6) is 0 Å². The highest BCUT2D eigenvalue weighted by Crippen LogP contribution is 2.44. The molecule has 0 aromatic carbocycles. The highest BCUT2D eigenvalue weighted by Gasteiger charge is 2.40. The Morgan fingerprint density at radius 3 is 2.44 bits per heavy atom. The van der Waals surface area contributed by atoms with E-state index in [1.165, 1.54) is 19.3 Å². The van der Waals surface area contributed by atoms with Crippen molar-refractivity contribution < 1.29 is 5.11 Å². The molecule has 2 atom stereocenters. The molecule has 0 aliphatic heterocycles. The molecule has 0 heterocycles. The molecule has 1 nitrogen and oxygen atoms in total. The van der Waals surface area contributed by atoms with Crippen LogP contribution in [0.4, 0.5) is 0 Å². The fourth-order valence-electron chi connectivity index (χ4n) is 1.63. The molecule has 1 fully saturated rings. The van der Waals surface area contributed by atoms with Crippen LogP contribution < -0.4 is 0 Å². The SMILES string of the molecule is CCCC1(C)CCC1O. The molecule has 1 aliphatic rings. The largest absolute Gasteiger partial charge is 0.393 e. The Morgan fingerprint density at radius 1 is 1.67 bits per heavy atom. The van der Waals surface area contributed by atoms with E-state index >= 15 is 0 Å². The molecule has 0 amide bonds. The lowest BCUT2D eigenvalue weighted by molar-refractivity contribution is -0.0573. The van der Waals surface area contributed by atoms with Crippen LogP contribution in [0.3, 0.4) is 0 Å². The zero-order chi connectivity index (χ0) is 6.91. The first-order valence-electron chi connectivity index (χ1n) is 3.87. The lowest BCUT2D eigenvalue weighted by atomic mass is 9.65. The summed E-state index contributed by atoms with van der Waals surface area (Å²) in [5, 5.41) is 9.30. The number of hydrogen-bond acceptors (Lipinski definition) is 1. The van der Waals surface area contributed by atoms with Gasteiger partial charge in [0.2, 0.25) is 0 Å². The Balaban J connectivity index is 2.34. The van der Waals surface area contributed by atoms with Crippen molar-refractivity contribution >= 4 is 0 Å². The third-order valence-electron chi connectivity index (χ3n) is 2.61. The lowest BCUT2D eigenvalue weighted by Gasteiger charge is -2.43. The molecule has 0 radical (unpaired) electrons. The third-order valence-corrected chi connectivity index (χ3v) is 2.61. The number of hydrogen-bond donors (Lipinski definition) is 1. The van der Waals surface area contributed by atoms with Crippen molar-refractivity contribution in [1.82, 2.24) is 0 Å². The molecule has 2 unspecified atom stereocenters. The van der Waals surface area contributed by atoms with E-state index in [1.807, 2.05) is 0 Å². The van der Waals surface area contributed by atoms with Crippen molar-refractivity contribution in [3.63, 3.8) is 0 Å². The minimum absolute atomic E-state index is 0.00236. The van der Waals surface area contributed by atoms with E-state index in [2.05, 4.69) is 13.8 Å². The van der Waals surface area contributed by atoms with Crippen LogP contribution in [-0.2, 0) is 0 Å². The average molecular weight is 128 g/mol. The summed E-state index contributed by atoms with van der Waals surface area (Å²) < 4.78 is 0. The van der Waals surface area contributed by atoms with E-state index in [1.54, 1.807) is 0 Å². The van der Waals surface area contributed by atoms with Gasteiger partial charge in [-0.3, -0.25) is 0 Å². The number of aliphatic hydroxyl groups is 1. The van der Waals surface area contributed by atoms with E-state index in [4.69, 9.17) is 0 Å². The van der Waals surface area contributed by atoms with Gasteiger partial charge in [0.05, 0.1) is 6.10 Å². The van der Waals surface area contributed by atoms with Gasteiger partial charge in [-0.1, -0.05) is 20.3 Å². The van der Waals surface area contributed by atoms with Crippen LogP contribution in [0.25, 0.3) is 0 Å². The smallest absolute Gasteiger partial charge is 0.0594 e. The molecule has 0 saturated heterocycles. The average Bonchev–Trinajstić information content (AvgIpc) is 1.86. The van der Waals surface area contributed by atoms with Gasteiger partial charge in [-0.15, -0.1) is 0 Å². The van der Waals surface area contributed by atoms with E-state index in [0.29, 0.717) is 0 Å². The van der Waals surface area contributed by atoms with Crippen LogP contribution in [0, 0.1) is 5.41 Å². The molecule has 0 aromatic rings. The summed E-state index contributed by atoms with van der Waals surface area (Å²) >= 11 is 0. The molecule has 1 N–H and O–H groups in total. The lowest BCUT2D eigenvalue weighted by Crippen LogP contribution is -2.41. The fraction of sp³-hybridized carbons (Fsp3) is 1.00. The molecule has 9 heavy (non-hydrogen) atoms. The van der Waals surface area contributed by atoms with Gasteiger partial charge in [-0.05, 0) is 24.7 Å². The summed E-state index contributed by atoms with van der Waals surface area (Å²) in [6.45, 7) is 4.36. The summed E-state index contributed by atoms with van der Waals surface area (Å²) in [6, 6.07) is 0. The quantitative estimate of drug-likeness (QED) is 0.602. The fourth-order valence-corrected chi connectivity index (χ4v) is 1.63. The van der Waals surface area contributed by atoms with Gasteiger partial charge in [0.25, 0.3) is 0 Å². The van der Waals surface area contributed by atoms with Gasteiger partial charge in [-0.25, -0.2) is 0 Å². The maximum atomic E-state index is 9.30. The predicted molar refractivity (Wildman–Crippen MR) is 38.3 cm³/mol. The van der Waals surface area contributed by atoms with Crippen LogP contribution in [0.15, 0.2) is 0 Å². The summed E-state index contributed by atoms with van der Waals surface area (Å²) in [5.74, 6) is 0. The van der Waals surface area contributed by atoms with Crippen LogP contribution in [0.1, 0.15) is 39.5 Å². The molecule has 0 aromatic heterocycles. The number of aliphatic hydroxyl groups excluding tert-OH is 1. The molecule has 54 valence electrons. The van der Waals surface area contributed by atoms with Gasteiger partial charge in [-0.2, -0.15) is 0 Å². The van der Waals surface area contributed by atoms with E-state index in [0.717, 1.165) is 6.42 Å². The summed E-state index contributed by atoms with van der Waals surface area (Å²) in [6.07, 6.45) is 4.64. The molecular formula is C8H16O. The standard InChI is InChI=1S/C8H16O/c1-3-5-8(2)6-4-7(8)9/h7,9H,3-6H2,1-2H3. The van der Waals surface area contributed by atoms with Crippen molar-refractivity contribution in [2.75, 3.05) is 0 Å². The maximum Gasteiger partial charge on any atom is 0.0594 e. The second-order valence-corrected chi connectivity index (χ2v) is 3.46. The minimum Gasteiger partial charge on any atom is -0.393 e. The second kappa shape index (κ2) is 2.30. The highest BCUT2D eigenvalue weighted by molar-refractivity contribution is 4.91. The van der Waals surface area contributed by atoms with Crippen molar-refractivity contribution in [2.45, 2.75) is 45.6 Å². The predicted octanol–water partition coefficient (Wildman–Crippen LogP) is 1.95. The molecule has 1 rings (SSSR count). The Kier molecular flexibility index (Phi) is 1.80. The van der Waals surface area contributed by atoms with Gasteiger partial charge in [0.1, 0.15) is 0 Å². The van der Waals surface area contributed by atoms with Crippen molar-refractivity contribution in [3.05, 3.63) is 0 Å². The monoisotopic (exact) mass is 128 g/mol. The highest BCUT2D eigenvalue weighted by atomic mass is 16.3. The summed E-state index contributed by atoms with van der Waals surface area (Å²) in [5.41, 5.74) is 0.286. The van der Waals surface area contributed by atoms with Crippen LogP contribution in [-0.4, -0.2) is 11.2 Å². The van der Waals surface area contributed by atoms with Gasteiger partial charge >= 0.3 is 0 Å². The van der Waals surface area contributed by atoms with Crippen molar-refractivity contribution in [3.8, 4) is 0 Å². The number of rotatable bonds is 2. The third kappa shape index (κ3) is 1.11. The summed E-state index contributed by atoms with van der Waals surface area (Å²) in [7, 11) is 0. The Hall–Kier alpha value is -0.0400. The van der Waals surface area contributed by atoms with E-state index in [-0.39, 0.29) is 11.5 Å². The molecule has 0 spiro atoms. The Bertz CT molecular complexity index is 101. The molecule has 0 bridgehead atoms. The van der Waals surface area contributed by atoms with Crippen LogP contribution in [0.2, 0.25) is 0 Å². The normalized spacial score (nSPS) is 42.3. The zero-order valence-electron chi connectivity index (χ0n) is 6.35. The van der Waals surface area contributed by atoms with E-state index < -0.39 is 0 Å². The van der Waals surface area contributed by atoms with Crippen molar-refractivity contribution in [2.24, 2.45) is 5.41 Å². The van der Waals surface area contributed by atoms with E-state index in [9.17, 15) is 5.11 Å². The Labute approximate surface area is 57.1 Å². The topological polar surface area (TPSA) is 20.2 Å². The van der Waals surface area contributed by atoms with Gasteiger partial charge in [0.15, 0.2) is 0 Å². The second-order valence-electron chi connectivity index (χ2n) is 3.46. The van der Waals surface area contributed by atoms with Crippen LogP contribution >= 0.6 is 0 Å². The molecular weight excluding hydrogens is 112 g/mol. The zero-order valence-corrected chi connectivity index (χ0v) is 6.35. The summed E-state index contributed by atoms with van der Waals surface area (Å²) in [4.78, 5) is 0. The molecule has 1 heteroatoms. The molecule has 1 saturated carbocycles. The maximum absolute atomic E-state index is 9.30. The molecule has 1 aliphatic carbocycles. The Morgan fingerprint density at radius 2 is 2.33 bits per heavy atom. The van der Waals surface area contributed by atoms with Gasteiger partial charge in [0, 0.05) is 0 Å². The minimum atomic E-state index is -0.00236. The first kappa shape index (κ1) is 7.07. The van der Waals surface area contributed by atoms with Crippen molar-refractivity contribution in [1.29, 1.82) is 0 Å².